The molecule has 1 atom stereocenters. The summed E-state index contributed by atoms with van der Waals surface area (Å²) in [5, 5.41) is 6.87. The third kappa shape index (κ3) is 8.31. The first kappa shape index (κ1) is 21.7. The SMILES string of the molecule is CN=C(NCCCOCC1CCOCC1)NCC(c1ccccc1)C(C)C. The minimum absolute atomic E-state index is 0.465. The van der Waals surface area contributed by atoms with Gasteiger partial charge in [-0.15, -0.1) is 0 Å². The molecule has 152 valence electrons. The third-order valence-electron chi connectivity index (χ3n) is 5.20. The highest BCUT2D eigenvalue weighted by molar-refractivity contribution is 5.79. The van der Waals surface area contributed by atoms with E-state index in [0.29, 0.717) is 17.8 Å². The van der Waals surface area contributed by atoms with Crippen LogP contribution in [-0.2, 0) is 9.47 Å². The van der Waals surface area contributed by atoms with Gasteiger partial charge < -0.3 is 20.1 Å². The summed E-state index contributed by atoms with van der Waals surface area (Å²) in [5.74, 6) is 2.57. The number of nitrogens with zero attached hydrogens (tertiary/aromatic N) is 1. The first-order valence-electron chi connectivity index (χ1n) is 10.4. The molecule has 0 spiro atoms. The van der Waals surface area contributed by atoms with Gasteiger partial charge in [0, 0.05) is 52.5 Å². The number of hydrogen-bond donors (Lipinski definition) is 2. The highest BCUT2D eigenvalue weighted by Gasteiger charge is 2.16. The average molecular weight is 376 g/mol. The molecular weight excluding hydrogens is 338 g/mol. The van der Waals surface area contributed by atoms with Gasteiger partial charge in [-0.05, 0) is 36.7 Å². The van der Waals surface area contributed by atoms with Crippen LogP contribution in [0.4, 0.5) is 0 Å². The van der Waals surface area contributed by atoms with Crippen molar-refractivity contribution in [1.82, 2.24) is 10.6 Å². The number of aliphatic imine (C=N–C) groups is 1. The van der Waals surface area contributed by atoms with Crippen LogP contribution in [-0.4, -0.2) is 52.5 Å². The van der Waals surface area contributed by atoms with Crippen LogP contribution in [0.3, 0.4) is 0 Å². The van der Waals surface area contributed by atoms with Crippen molar-refractivity contribution in [1.29, 1.82) is 0 Å². The van der Waals surface area contributed by atoms with E-state index in [0.717, 1.165) is 64.7 Å². The van der Waals surface area contributed by atoms with Gasteiger partial charge in [0.2, 0.25) is 0 Å². The molecule has 0 amide bonds. The summed E-state index contributed by atoms with van der Waals surface area (Å²) in [6, 6.07) is 10.7. The number of nitrogens with one attached hydrogen (secondary N) is 2. The number of benzene rings is 1. The quantitative estimate of drug-likeness (QED) is 0.374. The van der Waals surface area contributed by atoms with Gasteiger partial charge in [0.05, 0.1) is 0 Å². The second kappa shape index (κ2) is 12.7. The van der Waals surface area contributed by atoms with Crippen molar-refractivity contribution in [3.63, 3.8) is 0 Å². The lowest BCUT2D eigenvalue weighted by molar-refractivity contribution is 0.0203. The van der Waals surface area contributed by atoms with Crippen molar-refractivity contribution < 1.29 is 9.47 Å². The predicted octanol–water partition coefficient (Wildman–Crippen LogP) is 3.42. The monoisotopic (exact) mass is 375 g/mol. The molecule has 0 bridgehead atoms. The second-order valence-corrected chi connectivity index (χ2v) is 7.63. The van der Waals surface area contributed by atoms with Gasteiger partial charge in [-0.25, -0.2) is 0 Å². The second-order valence-electron chi connectivity index (χ2n) is 7.63. The maximum atomic E-state index is 5.82. The Morgan fingerprint density at radius 3 is 2.59 bits per heavy atom. The third-order valence-corrected chi connectivity index (χ3v) is 5.20. The zero-order chi connectivity index (χ0) is 19.3. The molecule has 0 aromatic heterocycles. The molecule has 2 rings (SSSR count). The molecule has 0 aliphatic carbocycles. The smallest absolute Gasteiger partial charge is 0.190 e. The molecule has 1 heterocycles. The van der Waals surface area contributed by atoms with E-state index in [-0.39, 0.29) is 0 Å². The fourth-order valence-electron chi connectivity index (χ4n) is 3.41. The van der Waals surface area contributed by atoms with Crippen LogP contribution < -0.4 is 10.6 Å². The van der Waals surface area contributed by atoms with Crippen molar-refractivity contribution in [2.75, 3.05) is 46.6 Å². The fraction of sp³-hybridized carbons (Fsp3) is 0.682. The van der Waals surface area contributed by atoms with Crippen molar-refractivity contribution in [2.45, 2.75) is 39.0 Å². The molecule has 5 nitrogen and oxygen atoms in total. The maximum absolute atomic E-state index is 5.82. The van der Waals surface area contributed by atoms with E-state index in [4.69, 9.17) is 9.47 Å². The van der Waals surface area contributed by atoms with E-state index in [1.807, 2.05) is 7.05 Å². The van der Waals surface area contributed by atoms with Crippen molar-refractivity contribution in [3.8, 4) is 0 Å². The summed E-state index contributed by atoms with van der Waals surface area (Å²) >= 11 is 0. The Labute approximate surface area is 164 Å². The molecule has 1 aliphatic heterocycles. The Hall–Kier alpha value is -1.59. The standard InChI is InChI=1S/C22H37N3O2/c1-18(2)21(20-8-5-4-6-9-20)16-25-22(23-3)24-12-7-13-27-17-19-10-14-26-15-11-19/h4-6,8-9,18-19,21H,7,10-17H2,1-3H3,(H2,23,24,25). The normalized spacial score (nSPS) is 17.1. The van der Waals surface area contributed by atoms with E-state index in [2.05, 4.69) is 59.8 Å². The lowest BCUT2D eigenvalue weighted by atomic mass is 9.88. The number of rotatable bonds is 10. The molecule has 1 aliphatic rings. The van der Waals surface area contributed by atoms with E-state index in [1.165, 1.54) is 5.56 Å². The van der Waals surface area contributed by atoms with Gasteiger partial charge >= 0.3 is 0 Å². The minimum Gasteiger partial charge on any atom is -0.381 e. The zero-order valence-corrected chi connectivity index (χ0v) is 17.2. The maximum Gasteiger partial charge on any atom is 0.190 e. The van der Waals surface area contributed by atoms with Gasteiger partial charge in [0.15, 0.2) is 5.96 Å². The molecular formula is C22H37N3O2. The van der Waals surface area contributed by atoms with Gasteiger partial charge in [0.25, 0.3) is 0 Å². The minimum atomic E-state index is 0.465. The molecule has 0 radical (unpaired) electrons. The number of guanidine groups is 1. The number of ether oxygens (including phenoxy) is 2. The Morgan fingerprint density at radius 2 is 1.93 bits per heavy atom. The van der Waals surface area contributed by atoms with E-state index in [9.17, 15) is 0 Å². The van der Waals surface area contributed by atoms with Crippen molar-refractivity contribution in [2.24, 2.45) is 16.8 Å². The summed E-state index contributed by atoms with van der Waals surface area (Å²) in [6.07, 6.45) is 3.25. The number of hydrogen-bond acceptors (Lipinski definition) is 3. The lowest BCUT2D eigenvalue weighted by Gasteiger charge is -2.23. The van der Waals surface area contributed by atoms with Crippen LogP contribution in [0.15, 0.2) is 35.3 Å². The lowest BCUT2D eigenvalue weighted by Crippen LogP contribution is -2.40. The summed E-state index contributed by atoms with van der Waals surface area (Å²) in [5.41, 5.74) is 1.37. The molecule has 1 saturated heterocycles. The predicted molar refractivity (Wildman–Crippen MR) is 112 cm³/mol. The molecule has 1 aromatic carbocycles. The van der Waals surface area contributed by atoms with Crippen LogP contribution in [0.5, 0.6) is 0 Å². The van der Waals surface area contributed by atoms with Crippen molar-refractivity contribution >= 4 is 5.96 Å². The Kier molecular flexibility index (Phi) is 10.2. The first-order chi connectivity index (χ1) is 13.2. The fourth-order valence-corrected chi connectivity index (χ4v) is 3.41. The summed E-state index contributed by atoms with van der Waals surface area (Å²) < 4.78 is 11.2. The van der Waals surface area contributed by atoms with Gasteiger partial charge in [-0.3, -0.25) is 4.99 Å². The molecule has 1 fully saturated rings. The topological polar surface area (TPSA) is 54.9 Å². The Morgan fingerprint density at radius 1 is 1.19 bits per heavy atom. The highest BCUT2D eigenvalue weighted by Crippen LogP contribution is 2.23. The van der Waals surface area contributed by atoms with E-state index < -0.39 is 0 Å². The summed E-state index contributed by atoms with van der Waals surface area (Å²) in [7, 11) is 1.82. The average Bonchev–Trinajstić information content (AvgIpc) is 2.70. The van der Waals surface area contributed by atoms with Crippen LogP contribution in [0.25, 0.3) is 0 Å². The van der Waals surface area contributed by atoms with E-state index >= 15 is 0 Å². The Bertz CT molecular complexity index is 528. The molecule has 2 N–H and O–H groups in total. The van der Waals surface area contributed by atoms with Crippen molar-refractivity contribution in [3.05, 3.63) is 35.9 Å². The summed E-state index contributed by atoms with van der Waals surface area (Å²) in [4.78, 5) is 4.34. The van der Waals surface area contributed by atoms with Gasteiger partial charge in [-0.1, -0.05) is 44.2 Å². The summed E-state index contributed by atoms with van der Waals surface area (Å²) in [6.45, 7) is 9.71. The first-order valence-corrected chi connectivity index (χ1v) is 10.4. The molecule has 0 saturated carbocycles. The molecule has 1 unspecified atom stereocenters. The largest absolute Gasteiger partial charge is 0.381 e. The van der Waals surface area contributed by atoms with Crippen LogP contribution in [0.2, 0.25) is 0 Å². The van der Waals surface area contributed by atoms with Crippen LogP contribution >= 0.6 is 0 Å². The van der Waals surface area contributed by atoms with E-state index in [1.54, 1.807) is 0 Å². The van der Waals surface area contributed by atoms with Gasteiger partial charge in [-0.2, -0.15) is 0 Å². The molecule has 1 aromatic rings. The van der Waals surface area contributed by atoms with Crippen LogP contribution in [0, 0.1) is 11.8 Å². The van der Waals surface area contributed by atoms with Crippen LogP contribution in [0.1, 0.15) is 44.6 Å². The van der Waals surface area contributed by atoms with Gasteiger partial charge in [0.1, 0.15) is 0 Å². The highest BCUT2D eigenvalue weighted by atomic mass is 16.5. The molecule has 5 heteroatoms. The molecule has 27 heavy (non-hydrogen) atoms. The Balaban J connectivity index is 1.62. The zero-order valence-electron chi connectivity index (χ0n) is 17.2.